The molecule has 0 amide bonds. The van der Waals surface area contributed by atoms with E-state index in [1.807, 2.05) is 6.92 Å². The molecule has 0 aromatic heterocycles. The van der Waals surface area contributed by atoms with Crippen LogP contribution in [0.15, 0.2) is 0 Å². The Balaban J connectivity index is 2.49. The zero-order valence-corrected chi connectivity index (χ0v) is 9.98. The maximum Gasteiger partial charge on any atom is 0.366 e. The summed E-state index contributed by atoms with van der Waals surface area (Å²) >= 11 is 0. The molecule has 0 saturated heterocycles. The van der Waals surface area contributed by atoms with Crippen LogP contribution in [0.1, 0.15) is 20.3 Å². The van der Waals surface area contributed by atoms with Crippen LogP contribution in [-0.4, -0.2) is 48.4 Å². The van der Waals surface area contributed by atoms with E-state index in [0.717, 1.165) is 0 Å². The van der Waals surface area contributed by atoms with Gasteiger partial charge >= 0.3 is 7.80 Å². The van der Waals surface area contributed by atoms with Gasteiger partial charge in [-0.15, -0.1) is 0 Å². The molecule has 5 atom stereocenters. The zero-order chi connectivity index (χ0) is 11.6. The minimum Gasteiger partial charge on any atom is -0.388 e. The normalized spacial score (nSPS) is 41.9. The molecule has 1 saturated carbocycles. The fraction of sp³-hybridized carbons (Fsp3) is 1.00. The largest absolute Gasteiger partial charge is 0.388 e. The van der Waals surface area contributed by atoms with Gasteiger partial charge in [0, 0.05) is 0 Å². The Morgan fingerprint density at radius 3 is 2.67 bits per heavy atom. The Kier molecular flexibility index (Phi) is 4.30. The topological polar surface area (TPSA) is 66.8 Å². The molecule has 84 valence electrons. The second kappa shape index (κ2) is 4.92. The van der Waals surface area contributed by atoms with Gasteiger partial charge in [-0.2, -0.15) is 0 Å². The molecule has 0 aromatic rings. The van der Waals surface area contributed by atoms with Gasteiger partial charge in [0.05, 0.1) is 19.6 Å². The third kappa shape index (κ3) is 2.79. The molecule has 0 bridgehead atoms. The van der Waals surface area contributed by atoms with E-state index in [1.54, 1.807) is 0 Å². The average Bonchev–Trinajstić information content (AvgIpc) is 2.38. The predicted octanol–water partition coefficient (Wildman–Crippen LogP) is 0.649. The molecule has 1 aliphatic carbocycles. The van der Waals surface area contributed by atoms with Crippen molar-refractivity contribution in [1.82, 2.24) is 0 Å². The monoisotopic (exact) mass is 231 g/mol. The Bertz CT molecular complexity index is 246. The summed E-state index contributed by atoms with van der Waals surface area (Å²) in [5, 5.41) is 19.5. The number of aliphatic hydroxyl groups excluding tert-OH is 1. The van der Waals surface area contributed by atoms with E-state index in [9.17, 15) is 14.8 Å². The second-order valence-electron chi connectivity index (χ2n) is 4.15. The zero-order valence-electron chi connectivity index (χ0n) is 9.09. The first-order valence-electron chi connectivity index (χ1n) is 5.09. The predicted molar refractivity (Wildman–Crippen MR) is 58.6 cm³/mol. The van der Waals surface area contributed by atoms with E-state index in [4.69, 9.17) is 12.6 Å². The lowest BCUT2D eigenvalue weighted by atomic mass is 9.76. The van der Waals surface area contributed by atoms with E-state index >= 15 is 0 Å². The summed E-state index contributed by atoms with van der Waals surface area (Å²) in [7, 11) is 4.30. The van der Waals surface area contributed by atoms with Gasteiger partial charge in [-0.25, -0.2) is 0 Å². The van der Waals surface area contributed by atoms with Crippen LogP contribution >= 0.6 is 7.80 Å². The molecular weight excluding hydrogens is 214 g/mol. The minimum atomic E-state index is -1.36. The van der Waals surface area contributed by atoms with Gasteiger partial charge in [0.15, 0.2) is 0 Å². The number of ether oxygens (including phenoxy) is 1. The number of rotatable bonds is 4. The van der Waals surface area contributed by atoms with E-state index in [1.165, 1.54) is 6.92 Å². The highest BCUT2D eigenvalue weighted by atomic mass is 31.1. The van der Waals surface area contributed by atoms with Gasteiger partial charge in [-0.3, -0.25) is 0 Å². The molecule has 15 heavy (non-hydrogen) atoms. The van der Waals surface area contributed by atoms with Crippen LogP contribution < -0.4 is 0 Å². The Labute approximate surface area is 92.2 Å². The maximum atomic E-state index is 11.2. The first-order chi connectivity index (χ1) is 6.89. The molecule has 0 heterocycles. The van der Waals surface area contributed by atoms with Crippen molar-refractivity contribution in [2.24, 2.45) is 0 Å². The highest BCUT2D eigenvalue weighted by Gasteiger charge is 2.49. The van der Waals surface area contributed by atoms with Crippen LogP contribution in [0.2, 0.25) is 5.82 Å². The molecule has 1 rings (SSSR count). The summed E-state index contributed by atoms with van der Waals surface area (Å²) in [6, 6.07) is 0. The summed E-state index contributed by atoms with van der Waals surface area (Å²) in [5.41, 5.74) is -1.32. The van der Waals surface area contributed by atoms with E-state index in [0.29, 0.717) is 12.6 Å². The highest BCUT2D eigenvalue weighted by molar-refractivity contribution is 7.44. The minimum absolute atomic E-state index is 0.121. The Morgan fingerprint density at radius 1 is 1.67 bits per heavy atom. The van der Waals surface area contributed by atoms with Crippen LogP contribution in [0.25, 0.3) is 0 Å². The Hall–Kier alpha value is 0.0449. The van der Waals surface area contributed by atoms with Gasteiger partial charge in [0.2, 0.25) is 6.35 Å². The average molecular weight is 231 g/mol. The molecular formula is C9H17BO4P+. The summed E-state index contributed by atoms with van der Waals surface area (Å²) in [6.07, 6.45) is -0.453. The van der Waals surface area contributed by atoms with Crippen molar-refractivity contribution in [3.63, 3.8) is 0 Å². The fourth-order valence-electron chi connectivity index (χ4n) is 1.64. The van der Waals surface area contributed by atoms with Crippen molar-refractivity contribution in [3.05, 3.63) is 0 Å². The van der Waals surface area contributed by atoms with Crippen LogP contribution in [0.4, 0.5) is 0 Å². The smallest absolute Gasteiger partial charge is 0.366 e. The highest BCUT2D eigenvalue weighted by Crippen LogP contribution is 2.40. The fourth-order valence-corrected chi connectivity index (χ4v) is 2.18. The molecule has 1 fully saturated rings. The molecule has 2 radical (unpaired) electrons. The van der Waals surface area contributed by atoms with Gasteiger partial charge in [0.1, 0.15) is 12.3 Å². The lowest BCUT2D eigenvalue weighted by Gasteiger charge is -2.26. The third-order valence-electron chi connectivity index (χ3n) is 2.97. The molecule has 4 nitrogen and oxygen atoms in total. The standard InChI is InChI=1S/C9H17BO4P/c1-3-15(13)5-14-6-4-7(10)9(2,12)8(6)11/h6-8,11-12H,3-5H2,1-2H3/q+1. The van der Waals surface area contributed by atoms with E-state index in [2.05, 4.69) is 0 Å². The summed E-state index contributed by atoms with van der Waals surface area (Å²) in [6.45, 7) is 3.31. The number of hydrogen-bond acceptors (Lipinski definition) is 4. The summed E-state index contributed by atoms with van der Waals surface area (Å²) < 4.78 is 16.5. The van der Waals surface area contributed by atoms with Crippen LogP contribution in [0, 0.1) is 0 Å². The lowest BCUT2D eigenvalue weighted by Crippen LogP contribution is -2.42. The van der Waals surface area contributed by atoms with Crippen molar-refractivity contribution in [1.29, 1.82) is 0 Å². The van der Waals surface area contributed by atoms with E-state index in [-0.39, 0.29) is 6.35 Å². The summed E-state index contributed by atoms with van der Waals surface area (Å²) in [4.78, 5) is 0. The molecule has 0 spiro atoms. The van der Waals surface area contributed by atoms with Crippen molar-refractivity contribution >= 4 is 15.6 Å². The van der Waals surface area contributed by atoms with Gasteiger partial charge in [-0.1, -0.05) is 4.57 Å². The van der Waals surface area contributed by atoms with Crippen molar-refractivity contribution in [2.45, 2.75) is 43.9 Å². The molecule has 0 aromatic carbocycles. The van der Waals surface area contributed by atoms with Crippen molar-refractivity contribution in [3.8, 4) is 0 Å². The van der Waals surface area contributed by atoms with E-state index < -0.39 is 31.4 Å². The SMILES string of the molecule is [B]C1CC(OC[P+](=O)CC)C(O)C1(C)O. The van der Waals surface area contributed by atoms with Gasteiger partial charge in [-0.05, 0) is 26.1 Å². The van der Waals surface area contributed by atoms with Crippen molar-refractivity contribution < 1.29 is 19.5 Å². The van der Waals surface area contributed by atoms with Crippen LogP contribution in [0.5, 0.6) is 0 Å². The van der Waals surface area contributed by atoms with Gasteiger partial charge < -0.3 is 14.9 Å². The number of aliphatic hydroxyl groups is 2. The molecule has 0 aliphatic heterocycles. The quantitative estimate of drug-likeness (QED) is 0.550. The molecule has 1 aliphatic rings. The lowest BCUT2D eigenvalue weighted by molar-refractivity contribution is -0.0878. The van der Waals surface area contributed by atoms with Gasteiger partial charge in [0.25, 0.3) is 0 Å². The summed E-state index contributed by atoms with van der Waals surface area (Å²) in [5.74, 6) is -0.503. The first-order valence-corrected chi connectivity index (χ1v) is 6.72. The first kappa shape index (κ1) is 13.1. The Morgan fingerprint density at radius 2 is 2.27 bits per heavy atom. The maximum absolute atomic E-state index is 11.2. The molecule has 5 unspecified atom stereocenters. The molecule has 2 N–H and O–H groups in total. The number of hydrogen-bond donors (Lipinski definition) is 2. The third-order valence-corrected chi connectivity index (χ3v) is 4.12. The molecule has 6 heteroatoms. The second-order valence-corrected chi connectivity index (χ2v) is 6.00. The van der Waals surface area contributed by atoms with Crippen LogP contribution in [-0.2, 0) is 9.30 Å². The van der Waals surface area contributed by atoms with Crippen LogP contribution in [0.3, 0.4) is 0 Å². The van der Waals surface area contributed by atoms with Crippen molar-refractivity contribution in [2.75, 3.05) is 12.5 Å².